The lowest BCUT2D eigenvalue weighted by molar-refractivity contribution is 0.490. The van der Waals surface area contributed by atoms with E-state index in [1.807, 2.05) is 0 Å². The standard InChI is InChI=1S/C9H15N3O3S2/c1-9(2,3)12-17(14,15)6-5-10-8(16-4)11-7(6)13/h5,12H,1-4H3,(H,10,11,13). The summed E-state index contributed by atoms with van der Waals surface area (Å²) in [7, 11) is -3.84. The van der Waals surface area contributed by atoms with Gasteiger partial charge in [-0.05, 0) is 27.0 Å². The van der Waals surface area contributed by atoms with Gasteiger partial charge in [0.15, 0.2) is 10.1 Å². The van der Waals surface area contributed by atoms with Crippen LogP contribution in [0.3, 0.4) is 0 Å². The number of nitrogens with one attached hydrogen (secondary N) is 2. The molecule has 17 heavy (non-hydrogen) atoms. The van der Waals surface area contributed by atoms with Crippen molar-refractivity contribution in [2.45, 2.75) is 36.4 Å². The van der Waals surface area contributed by atoms with Crippen molar-refractivity contribution in [2.75, 3.05) is 6.26 Å². The molecule has 0 aliphatic heterocycles. The summed E-state index contributed by atoms with van der Waals surface area (Å²) >= 11 is 1.23. The van der Waals surface area contributed by atoms with Crippen LogP contribution in [-0.2, 0) is 10.0 Å². The molecule has 1 heterocycles. The molecule has 96 valence electrons. The van der Waals surface area contributed by atoms with Crippen molar-refractivity contribution < 1.29 is 8.42 Å². The molecule has 0 saturated carbocycles. The second kappa shape index (κ2) is 4.79. The van der Waals surface area contributed by atoms with E-state index in [0.717, 1.165) is 6.20 Å². The molecule has 0 radical (unpaired) electrons. The fourth-order valence-corrected chi connectivity index (χ4v) is 2.88. The monoisotopic (exact) mass is 277 g/mol. The zero-order valence-corrected chi connectivity index (χ0v) is 11.7. The van der Waals surface area contributed by atoms with E-state index in [1.54, 1.807) is 27.0 Å². The number of sulfonamides is 1. The quantitative estimate of drug-likeness (QED) is 0.622. The molecule has 0 unspecified atom stereocenters. The fourth-order valence-electron chi connectivity index (χ4n) is 1.12. The highest BCUT2D eigenvalue weighted by atomic mass is 32.2. The van der Waals surface area contributed by atoms with Crippen molar-refractivity contribution in [3.63, 3.8) is 0 Å². The van der Waals surface area contributed by atoms with E-state index >= 15 is 0 Å². The Hall–Kier alpha value is -0.860. The van der Waals surface area contributed by atoms with Crippen molar-refractivity contribution in [3.8, 4) is 0 Å². The molecular formula is C9H15N3O3S2. The molecular weight excluding hydrogens is 262 g/mol. The van der Waals surface area contributed by atoms with Gasteiger partial charge in [0.25, 0.3) is 5.56 Å². The Morgan fingerprint density at radius 3 is 2.41 bits per heavy atom. The number of nitrogens with zero attached hydrogens (tertiary/aromatic N) is 1. The zero-order valence-electron chi connectivity index (χ0n) is 10.1. The lowest BCUT2D eigenvalue weighted by Gasteiger charge is -2.19. The summed E-state index contributed by atoms with van der Waals surface area (Å²) in [5, 5.41) is 0.379. The summed E-state index contributed by atoms with van der Waals surface area (Å²) in [6.45, 7) is 5.09. The van der Waals surface area contributed by atoms with Crippen LogP contribution in [-0.4, -0.2) is 30.2 Å². The van der Waals surface area contributed by atoms with Gasteiger partial charge in [0.2, 0.25) is 10.0 Å². The lowest BCUT2D eigenvalue weighted by Crippen LogP contribution is -2.42. The van der Waals surface area contributed by atoms with E-state index in [4.69, 9.17) is 0 Å². The van der Waals surface area contributed by atoms with E-state index in [2.05, 4.69) is 14.7 Å². The third-order valence-corrected chi connectivity index (χ3v) is 4.01. The summed E-state index contributed by atoms with van der Waals surface area (Å²) in [6, 6.07) is 0. The summed E-state index contributed by atoms with van der Waals surface area (Å²) in [4.78, 5) is 17.5. The molecule has 0 aliphatic rings. The Morgan fingerprint density at radius 1 is 1.41 bits per heavy atom. The molecule has 1 aromatic heterocycles. The number of H-pyrrole nitrogens is 1. The summed E-state index contributed by atoms with van der Waals surface area (Å²) in [6.07, 6.45) is 2.80. The average Bonchev–Trinajstić information content (AvgIpc) is 2.13. The molecule has 8 heteroatoms. The third kappa shape index (κ3) is 3.83. The van der Waals surface area contributed by atoms with E-state index in [9.17, 15) is 13.2 Å². The zero-order chi connectivity index (χ0) is 13.3. The Morgan fingerprint density at radius 2 is 2.00 bits per heavy atom. The van der Waals surface area contributed by atoms with Crippen LogP contribution in [0.2, 0.25) is 0 Å². The van der Waals surface area contributed by atoms with Crippen LogP contribution in [0, 0.1) is 0 Å². The SMILES string of the molecule is CSc1ncc(S(=O)(=O)NC(C)(C)C)c(=O)[nH]1. The highest BCUT2D eigenvalue weighted by molar-refractivity contribution is 7.98. The number of thioether (sulfide) groups is 1. The lowest BCUT2D eigenvalue weighted by atomic mass is 10.1. The largest absolute Gasteiger partial charge is 0.300 e. The molecule has 0 bridgehead atoms. The Kier molecular flexibility index (Phi) is 4.00. The van der Waals surface area contributed by atoms with Crippen molar-refractivity contribution in [3.05, 3.63) is 16.6 Å². The highest BCUT2D eigenvalue weighted by Crippen LogP contribution is 2.10. The summed E-state index contributed by atoms with van der Waals surface area (Å²) in [5.41, 5.74) is -1.32. The Balaban J connectivity index is 3.22. The first-order chi connectivity index (χ1) is 7.65. The summed E-state index contributed by atoms with van der Waals surface area (Å²) < 4.78 is 26.2. The molecule has 2 N–H and O–H groups in total. The minimum Gasteiger partial charge on any atom is -0.300 e. The van der Waals surface area contributed by atoms with Crippen LogP contribution in [0.15, 0.2) is 21.0 Å². The third-order valence-electron chi connectivity index (χ3n) is 1.67. The first-order valence-corrected chi connectivity index (χ1v) is 7.54. The smallest absolute Gasteiger partial charge is 0.271 e. The average molecular weight is 277 g/mol. The first-order valence-electron chi connectivity index (χ1n) is 4.83. The molecule has 0 atom stereocenters. The van der Waals surface area contributed by atoms with Crippen LogP contribution >= 0.6 is 11.8 Å². The Bertz CT molecular complexity index is 558. The van der Waals surface area contributed by atoms with E-state index in [1.165, 1.54) is 11.8 Å². The van der Waals surface area contributed by atoms with Crippen LogP contribution in [0.4, 0.5) is 0 Å². The maximum absolute atomic E-state index is 11.9. The number of hydrogen-bond acceptors (Lipinski definition) is 5. The van der Waals surface area contributed by atoms with E-state index in [0.29, 0.717) is 5.16 Å². The highest BCUT2D eigenvalue weighted by Gasteiger charge is 2.25. The van der Waals surface area contributed by atoms with Gasteiger partial charge in [-0.3, -0.25) is 4.79 Å². The van der Waals surface area contributed by atoms with Crippen molar-refractivity contribution in [1.29, 1.82) is 0 Å². The van der Waals surface area contributed by atoms with Gasteiger partial charge in [0.1, 0.15) is 0 Å². The predicted octanol–water partition coefficient (Wildman–Crippen LogP) is 0.569. The molecule has 0 aromatic carbocycles. The van der Waals surface area contributed by atoms with Gasteiger partial charge in [-0.15, -0.1) is 0 Å². The van der Waals surface area contributed by atoms with Gasteiger partial charge in [-0.1, -0.05) is 11.8 Å². The fraction of sp³-hybridized carbons (Fsp3) is 0.556. The number of rotatable bonds is 3. The predicted molar refractivity (Wildman–Crippen MR) is 66.7 cm³/mol. The number of aromatic nitrogens is 2. The van der Waals surface area contributed by atoms with Gasteiger partial charge in [0, 0.05) is 5.54 Å². The second-order valence-corrected chi connectivity index (χ2v) is 6.89. The molecule has 0 amide bonds. The van der Waals surface area contributed by atoms with Gasteiger partial charge < -0.3 is 4.98 Å². The molecule has 0 fully saturated rings. The maximum atomic E-state index is 11.9. The van der Waals surface area contributed by atoms with Crippen LogP contribution in [0.5, 0.6) is 0 Å². The Labute approximate surface area is 104 Å². The summed E-state index contributed by atoms with van der Waals surface area (Å²) in [5.74, 6) is 0. The minimum absolute atomic E-state index is 0.370. The molecule has 0 spiro atoms. The van der Waals surface area contributed by atoms with Gasteiger partial charge in [0.05, 0.1) is 6.20 Å². The van der Waals surface area contributed by atoms with Crippen LogP contribution < -0.4 is 10.3 Å². The van der Waals surface area contributed by atoms with Gasteiger partial charge in [-0.2, -0.15) is 0 Å². The molecule has 6 nitrogen and oxygen atoms in total. The van der Waals surface area contributed by atoms with Crippen molar-refractivity contribution in [1.82, 2.24) is 14.7 Å². The van der Waals surface area contributed by atoms with Gasteiger partial charge in [-0.25, -0.2) is 18.1 Å². The maximum Gasteiger partial charge on any atom is 0.271 e. The topological polar surface area (TPSA) is 91.9 Å². The van der Waals surface area contributed by atoms with Gasteiger partial charge >= 0.3 is 0 Å². The molecule has 1 rings (SSSR count). The van der Waals surface area contributed by atoms with E-state index < -0.39 is 21.1 Å². The first kappa shape index (κ1) is 14.2. The molecule has 1 aromatic rings. The minimum atomic E-state index is -3.84. The van der Waals surface area contributed by atoms with Crippen molar-refractivity contribution >= 4 is 21.8 Å². The second-order valence-electron chi connectivity index (χ2n) is 4.44. The number of hydrogen-bond donors (Lipinski definition) is 2. The van der Waals surface area contributed by atoms with E-state index in [-0.39, 0.29) is 4.90 Å². The number of aromatic amines is 1. The molecule has 0 aliphatic carbocycles. The molecule has 0 saturated heterocycles. The van der Waals surface area contributed by atoms with Crippen LogP contribution in [0.25, 0.3) is 0 Å². The van der Waals surface area contributed by atoms with Crippen LogP contribution in [0.1, 0.15) is 20.8 Å². The van der Waals surface area contributed by atoms with Crippen molar-refractivity contribution in [2.24, 2.45) is 0 Å². The normalized spacial score (nSPS) is 12.7.